The highest BCUT2D eigenvalue weighted by Gasteiger charge is 2.13. The topological polar surface area (TPSA) is 110 Å². The summed E-state index contributed by atoms with van der Waals surface area (Å²) in [5, 5.41) is 15.9. The van der Waals surface area contributed by atoms with E-state index in [1.54, 1.807) is 0 Å². The minimum atomic E-state index is -1.17. The van der Waals surface area contributed by atoms with Crippen molar-refractivity contribution in [2.75, 3.05) is 13.2 Å². The average molecular weight is 195 g/mol. The van der Waals surface area contributed by atoms with Crippen LogP contribution in [-0.4, -0.2) is 40.6 Å². The smallest absolute Gasteiger partial charge is 0.331 e. The molecule has 0 rings (SSSR count). The van der Waals surface area contributed by atoms with Crippen molar-refractivity contribution < 1.29 is 24.0 Å². The molecule has 0 saturated heterocycles. The Morgan fingerprint density at radius 1 is 1.58 bits per heavy atom. The van der Waals surface area contributed by atoms with Crippen LogP contribution in [-0.2, 0) is 13.8 Å². The second-order valence-electron chi connectivity index (χ2n) is 1.85. The van der Waals surface area contributed by atoms with Gasteiger partial charge in [-0.1, -0.05) is 0 Å². The number of carbonyl (C=O) groups is 2. The van der Waals surface area contributed by atoms with Crippen LogP contribution in [0.15, 0.2) is 0 Å². The summed E-state index contributed by atoms with van der Waals surface area (Å²) in [4.78, 5) is 20.6. The third-order valence-electron chi connectivity index (χ3n) is 0.823. The molecule has 0 radical (unpaired) electrons. The molecule has 0 fully saturated rings. The van der Waals surface area contributed by atoms with E-state index in [-0.39, 0.29) is 0 Å². The number of aliphatic carboxylic acids is 1. The highest BCUT2D eigenvalue weighted by Crippen LogP contribution is 2.05. The number of aliphatic hydroxyl groups excluding tert-OH is 1. The number of rotatable bonds is 5. The van der Waals surface area contributed by atoms with Gasteiger partial charge in [0.1, 0.15) is 0 Å². The average Bonchev–Trinajstić information content (AvgIpc) is 2.02. The summed E-state index contributed by atoms with van der Waals surface area (Å²) >= 11 is 0.333. The predicted molar refractivity (Wildman–Crippen MR) is 41.2 cm³/mol. The number of aliphatic hydroxyl groups is 1. The van der Waals surface area contributed by atoms with Crippen molar-refractivity contribution in [2.45, 2.75) is 6.04 Å². The van der Waals surface area contributed by atoms with Gasteiger partial charge in [0, 0.05) is 0 Å². The van der Waals surface area contributed by atoms with Crippen LogP contribution in [0.3, 0.4) is 0 Å². The quantitative estimate of drug-likeness (QED) is 0.462. The van der Waals surface area contributed by atoms with Crippen LogP contribution in [0, 0.1) is 0 Å². The molecular formula is C5H9NO5S. The number of nitrogens with two attached hydrogens (primary N) is 1. The largest absolute Gasteiger partial charge is 0.479 e. The molecule has 0 bridgehead atoms. The summed E-state index contributed by atoms with van der Waals surface area (Å²) in [7, 11) is 0. The number of carbonyl (C=O) groups excluding carboxylic acids is 1. The van der Waals surface area contributed by atoms with Gasteiger partial charge in [0.2, 0.25) is 5.12 Å². The number of carboxylic acid groups (broad SMARTS) is 1. The highest BCUT2D eigenvalue weighted by atomic mass is 32.2. The van der Waals surface area contributed by atoms with Crippen LogP contribution in [0.1, 0.15) is 0 Å². The van der Waals surface area contributed by atoms with E-state index in [1.165, 1.54) is 0 Å². The second kappa shape index (κ2) is 5.95. The molecular weight excluding hydrogens is 186 g/mol. The molecule has 1 atom stereocenters. The van der Waals surface area contributed by atoms with E-state index < -0.39 is 30.3 Å². The van der Waals surface area contributed by atoms with Gasteiger partial charge in [-0.2, -0.15) is 0 Å². The van der Waals surface area contributed by atoms with Crippen molar-refractivity contribution >= 4 is 23.1 Å². The zero-order chi connectivity index (χ0) is 9.56. The maximum Gasteiger partial charge on any atom is 0.331 e. The van der Waals surface area contributed by atoms with Gasteiger partial charge in [-0.15, -0.1) is 0 Å². The summed E-state index contributed by atoms with van der Waals surface area (Å²) < 4.78 is 4.36. The molecule has 0 spiro atoms. The third kappa shape index (κ3) is 5.08. The molecule has 0 aliphatic carbocycles. The van der Waals surface area contributed by atoms with Crippen molar-refractivity contribution in [3.05, 3.63) is 0 Å². The number of hydrogen-bond donors (Lipinski definition) is 3. The zero-order valence-electron chi connectivity index (χ0n) is 6.10. The van der Waals surface area contributed by atoms with Gasteiger partial charge < -0.3 is 15.9 Å². The first-order valence-corrected chi connectivity index (χ1v) is 3.73. The summed E-state index contributed by atoms with van der Waals surface area (Å²) in [5.41, 5.74) is 5.09. The Balaban J connectivity index is 3.50. The highest BCUT2D eigenvalue weighted by molar-refractivity contribution is 8.09. The van der Waals surface area contributed by atoms with E-state index in [0.29, 0.717) is 12.0 Å². The Hall–Kier alpha value is -0.630. The number of hydrogen-bond acceptors (Lipinski definition) is 6. The van der Waals surface area contributed by atoms with Crippen LogP contribution < -0.4 is 5.73 Å². The van der Waals surface area contributed by atoms with E-state index in [2.05, 4.69) is 4.18 Å². The molecule has 6 nitrogen and oxygen atoms in total. The lowest BCUT2D eigenvalue weighted by Gasteiger charge is -2.03. The van der Waals surface area contributed by atoms with Crippen molar-refractivity contribution in [1.29, 1.82) is 0 Å². The lowest BCUT2D eigenvalue weighted by atomic mass is 10.4. The Morgan fingerprint density at radius 2 is 2.17 bits per heavy atom. The first kappa shape index (κ1) is 11.4. The van der Waals surface area contributed by atoms with Gasteiger partial charge in [-0.3, -0.25) is 8.98 Å². The fraction of sp³-hybridized carbons (Fsp3) is 0.600. The van der Waals surface area contributed by atoms with E-state index in [1.807, 2.05) is 0 Å². The normalized spacial score (nSPS) is 12.5. The fourth-order valence-corrected chi connectivity index (χ4v) is 0.748. The van der Waals surface area contributed by atoms with Gasteiger partial charge in [-0.25, -0.2) is 4.79 Å². The van der Waals surface area contributed by atoms with Gasteiger partial charge in [-0.05, 0) is 0 Å². The van der Waals surface area contributed by atoms with E-state index in [4.69, 9.17) is 15.9 Å². The van der Waals surface area contributed by atoms with Crippen molar-refractivity contribution in [3.63, 3.8) is 0 Å². The van der Waals surface area contributed by atoms with Crippen molar-refractivity contribution in [1.82, 2.24) is 0 Å². The first-order chi connectivity index (χ1) is 5.57. The molecule has 0 amide bonds. The Kier molecular flexibility index (Phi) is 5.64. The van der Waals surface area contributed by atoms with Crippen LogP contribution in [0.5, 0.6) is 0 Å². The SMILES string of the molecule is NC(CO)C(=O)SOCC(=O)O. The molecule has 0 aromatic heterocycles. The van der Waals surface area contributed by atoms with Crippen molar-refractivity contribution in [2.24, 2.45) is 5.73 Å². The summed E-state index contributed by atoms with van der Waals surface area (Å²) in [6.07, 6.45) is 0. The summed E-state index contributed by atoms with van der Waals surface area (Å²) in [6, 6.07) is -1.02. The Morgan fingerprint density at radius 3 is 2.58 bits per heavy atom. The van der Waals surface area contributed by atoms with E-state index in [0.717, 1.165) is 0 Å². The summed E-state index contributed by atoms with van der Waals surface area (Å²) in [6.45, 7) is -1.06. The first-order valence-electron chi connectivity index (χ1n) is 2.99. The van der Waals surface area contributed by atoms with E-state index >= 15 is 0 Å². The van der Waals surface area contributed by atoms with Crippen LogP contribution in [0.25, 0.3) is 0 Å². The molecule has 7 heteroatoms. The lowest BCUT2D eigenvalue weighted by molar-refractivity contribution is -0.138. The van der Waals surface area contributed by atoms with Gasteiger partial charge >= 0.3 is 5.97 Å². The fourth-order valence-electron chi connectivity index (χ4n) is 0.274. The molecule has 0 saturated carbocycles. The second-order valence-corrected chi connectivity index (χ2v) is 2.65. The van der Waals surface area contributed by atoms with Gasteiger partial charge in [0.15, 0.2) is 6.61 Å². The third-order valence-corrected chi connectivity index (χ3v) is 1.53. The molecule has 0 aliphatic rings. The summed E-state index contributed by atoms with van der Waals surface area (Å²) in [5.74, 6) is -1.17. The predicted octanol–water partition coefficient (Wildman–Crippen LogP) is -1.42. The zero-order valence-corrected chi connectivity index (χ0v) is 6.91. The molecule has 0 aromatic rings. The monoisotopic (exact) mass is 195 g/mol. The standard InChI is InChI=1S/C5H9NO5S/c6-3(1-7)5(10)12-11-2-4(8)9/h3,7H,1-2,6H2,(H,8,9). The lowest BCUT2D eigenvalue weighted by Crippen LogP contribution is -2.32. The van der Waals surface area contributed by atoms with Crippen LogP contribution >= 0.6 is 12.0 Å². The van der Waals surface area contributed by atoms with Crippen molar-refractivity contribution in [3.8, 4) is 0 Å². The Bertz CT molecular complexity index is 173. The van der Waals surface area contributed by atoms with Crippen LogP contribution in [0.4, 0.5) is 0 Å². The molecule has 4 N–H and O–H groups in total. The minimum absolute atomic E-state index is 0.333. The maximum atomic E-state index is 10.7. The minimum Gasteiger partial charge on any atom is -0.479 e. The van der Waals surface area contributed by atoms with Crippen LogP contribution in [0.2, 0.25) is 0 Å². The maximum absolute atomic E-state index is 10.7. The molecule has 0 aromatic carbocycles. The van der Waals surface area contributed by atoms with Gasteiger partial charge in [0.25, 0.3) is 0 Å². The Labute approximate surface area is 72.9 Å². The number of carboxylic acids is 1. The van der Waals surface area contributed by atoms with Gasteiger partial charge in [0.05, 0.1) is 24.7 Å². The van der Waals surface area contributed by atoms with E-state index in [9.17, 15) is 9.59 Å². The molecule has 12 heavy (non-hydrogen) atoms. The molecule has 70 valence electrons. The molecule has 0 heterocycles. The molecule has 1 unspecified atom stereocenters. The molecule has 0 aliphatic heterocycles.